The summed E-state index contributed by atoms with van der Waals surface area (Å²) in [6, 6.07) is 6.29. The van der Waals surface area contributed by atoms with Crippen molar-refractivity contribution in [3.8, 4) is 11.5 Å². The maximum absolute atomic E-state index is 10.6. The molecule has 1 aromatic rings. The number of benzene rings is 1. The molecule has 4 rings (SSSR count). The van der Waals surface area contributed by atoms with Crippen LogP contribution in [0.15, 0.2) is 18.2 Å². The highest BCUT2D eigenvalue weighted by Gasteiger charge is 2.31. The molecule has 3 aliphatic rings. The fraction of sp³-hybridized carbons (Fsp3) is 0.760. The van der Waals surface area contributed by atoms with Crippen LogP contribution < -0.4 is 19.3 Å². The highest BCUT2D eigenvalue weighted by atomic mass is 16.7. The molecule has 0 unspecified atom stereocenters. The van der Waals surface area contributed by atoms with E-state index in [1.807, 2.05) is 6.07 Å². The zero-order valence-corrected chi connectivity index (χ0v) is 19.6. The van der Waals surface area contributed by atoms with E-state index >= 15 is 0 Å². The fourth-order valence-corrected chi connectivity index (χ4v) is 5.45. The van der Waals surface area contributed by atoms with Crippen LogP contribution in [0.5, 0.6) is 11.5 Å². The first kappa shape index (κ1) is 22.8. The lowest BCUT2D eigenvalue weighted by Crippen LogP contribution is -3.28. The van der Waals surface area contributed by atoms with Gasteiger partial charge in [0, 0.05) is 5.56 Å². The van der Waals surface area contributed by atoms with Gasteiger partial charge < -0.3 is 29.1 Å². The van der Waals surface area contributed by atoms with Crippen LogP contribution in [-0.4, -0.2) is 63.4 Å². The van der Waals surface area contributed by atoms with Crippen molar-refractivity contribution >= 4 is 0 Å². The maximum Gasteiger partial charge on any atom is 0.231 e. The number of hydrogen-bond acceptors (Lipinski definition) is 4. The number of aliphatic hydroxyl groups excluding tert-OH is 1. The van der Waals surface area contributed by atoms with E-state index in [1.54, 1.807) is 4.90 Å². The van der Waals surface area contributed by atoms with Gasteiger partial charge in [0.2, 0.25) is 6.79 Å². The number of hydrogen-bond donors (Lipinski definition) is 3. The molecule has 1 aromatic carbocycles. The molecule has 2 fully saturated rings. The number of fused-ring (bicyclic) bond motifs is 1. The predicted octanol–water partition coefficient (Wildman–Crippen LogP) is 0.537. The van der Waals surface area contributed by atoms with Gasteiger partial charge in [0.1, 0.15) is 45.4 Å². The highest BCUT2D eigenvalue weighted by molar-refractivity contribution is 5.44. The molecule has 6 heteroatoms. The molecule has 0 radical (unpaired) electrons. The van der Waals surface area contributed by atoms with Gasteiger partial charge in [-0.15, -0.1) is 0 Å². The summed E-state index contributed by atoms with van der Waals surface area (Å²) in [5.41, 5.74) is 1.30. The van der Waals surface area contributed by atoms with E-state index in [0.717, 1.165) is 69.0 Å². The van der Waals surface area contributed by atoms with Crippen molar-refractivity contribution in [1.82, 2.24) is 0 Å². The molecule has 3 N–H and O–H groups in total. The molecular weight excluding hydrogens is 392 g/mol. The summed E-state index contributed by atoms with van der Waals surface area (Å²) >= 11 is 0. The summed E-state index contributed by atoms with van der Waals surface area (Å²) in [4.78, 5) is 3.10. The van der Waals surface area contributed by atoms with Gasteiger partial charge >= 0.3 is 0 Å². The van der Waals surface area contributed by atoms with E-state index in [9.17, 15) is 5.11 Å². The summed E-state index contributed by atoms with van der Waals surface area (Å²) in [5, 5.41) is 10.6. The number of quaternary nitrogens is 2. The topological polar surface area (TPSA) is 56.8 Å². The Bertz CT molecular complexity index is 705. The second kappa shape index (κ2) is 10.5. The Morgan fingerprint density at radius 3 is 2.58 bits per heavy atom. The first-order valence-electron chi connectivity index (χ1n) is 12.3. The van der Waals surface area contributed by atoms with E-state index in [4.69, 9.17) is 14.2 Å². The molecule has 0 amide bonds. The SMILES string of the molecule is CC(C)[C@H]1CC[C@@H](C)[C@@H](OC[C@H](O)C[NH+]2CC[NH+](Cc3ccc4c(c3)OCO4)CC2)C1. The molecule has 2 heterocycles. The van der Waals surface area contributed by atoms with Gasteiger partial charge in [-0.05, 0) is 55.2 Å². The second-order valence-electron chi connectivity index (χ2n) is 10.4. The van der Waals surface area contributed by atoms with Gasteiger partial charge in [0.05, 0.1) is 12.7 Å². The van der Waals surface area contributed by atoms with Crippen LogP contribution in [0, 0.1) is 17.8 Å². The number of piperazine rings is 1. The van der Waals surface area contributed by atoms with Crippen LogP contribution in [0.1, 0.15) is 45.6 Å². The Morgan fingerprint density at radius 1 is 1.06 bits per heavy atom. The normalized spacial score (nSPS) is 31.7. The first-order chi connectivity index (χ1) is 15.0. The molecule has 1 saturated carbocycles. The van der Waals surface area contributed by atoms with Crippen LogP contribution >= 0.6 is 0 Å². The van der Waals surface area contributed by atoms with Crippen molar-refractivity contribution in [2.75, 3.05) is 46.1 Å². The van der Waals surface area contributed by atoms with Crippen LogP contribution in [0.25, 0.3) is 0 Å². The van der Waals surface area contributed by atoms with E-state index in [1.165, 1.54) is 23.3 Å². The Balaban J connectivity index is 1.16. The van der Waals surface area contributed by atoms with Crippen molar-refractivity contribution in [2.24, 2.45) is 17.8 Å². The number of rotatable bonds is 8. The van der Waals surface area contributed by atoms with Crippen molar-refractivity contribution in [1.29, 1.82) is 0 Å². The molecule has 0 spiro atoms. The lowest BCUT2D eigenvalue weighted by molar-refractivity contribution is -1.02. The maximum atomic E-state index is 10.6. The van der Waals surface area contributed by atoms with Gasteiger partial charge in [0.25, 0.3) is 0 Å². The molecule has 0 bridgehead atoms. The Labute approximate surface area is 187 Å². The van der Waals surface area contributed by atoms with Crippen molar-refractivity contribution in [3.05, 3.63) is 23.8 Å². The van der Waals surface area contributed by atoms with E-state index in [0.29, 0.717) is 25.4 Å². The monoisotopic (exact) mass is 434 g/mol. The van der Waals surface area contributed by atoms with Crippen LogP contribution in [0.3, 0.4) is 0 Å². The molecule has 2 aliphatic heterocycles. The number of aliphatic hydroxyl groups is 1. The van der Waals surface area contributed by atoms with E-state index in [-0.39, 0.29) is 6.10 Å². The summed E-state index contributed by atoms with van der Waals surface area (Å²) in [6.45, 7) is 14.1. The minimum Gasteiger partial charge on any atom is -0.454 e. The van der Waals surface area contributed by atoms with Gasteiger partial charge in [-0.2, -0.15) is 0 Å². The lowest BCUT2D eigenvalue weighted by atomic mass is 9.76. The largest absolute Gasteiger partial charge is 0.454 e. The summed E-state index contributed by atoms with van der Waals surface area (Å²) in [5.74, 6) is 3.83. The third-order valence-corrected chi connectivity index (χ3v) is 7.69. The molecule has 174 valence electrons. The van der Waals surface area contributed by atoms with Crippen molar-refractivity contribution < 1.29 is 29.1 Å². The number of ether oxygens (including phenoxy) is 3. The summed E-state index contributed by atoms with van der Waals surface area (Å²) < 4.78 is 17.1. The Hall–Kier alpha value is -1.34. The third-order valence-electron chi connectivity index (χ3n) is 7.69. The Kier molecular flexibility index (Phi) is 7.75. The minimum absolute atomic E-state index is 0.314. The van der Waals surface area contributed by atoms with Gasteiger partial charge in [-0.3, -0.25) is 0 Å². The standard InChI is InChI=1S/C25H40N2O4/c1-18(2)21-6-4-19(3)24(13-21)29-16-22(28)15-27-10-8-26(9-11-27)14-20-5-7-23-25(12-20)31-17-30-23/h5,7,12,18-19,21-22,24,28H,4,6,8-11,13-17H2,1-3H3/p+2/t19-,21+,22-,24+/m1/s1. The molecule has 1 saturated heterocycles. The third kappa shape index (κ3) is 6.13. The quantitative estimate of drug-likeness (QED) is 0.559. The van der Waals surface area contributed by atoms with E-state index < -0.39 is 0 Å². The first-order valence-corrected chi connectivity index (χ1v) is 12.3. The minimum atomic E-state index is -0.364. The lowest BCUT2D eigenvalue weighted by Gasteiger charge is -2.36. The smallest absolute Gasteiger partial charge is 0.231 e. The van der Waals surface area contributed by atoms with Crippen LogP contribution in [0.2, 0.25) is 0 Å². The van der Waals surface area contributed by atoms with Gasteiger partial charge in [-0.1, -0.05) is 20.8 Å². The summed E-state index contributed by atoms with van der Waals surface area (Å²) in [6.07, 6.45) is 3.68. The van der Waals surface area contributed by atoms with Crippen LogP contribution in [0.4, 0.5) is 0 Å². The van der Waals surface area contributed by atoms with Crippen molar-refractivity contribution in [3.63, 3.8) is 0 Å². The molecule has 6 nitrogen and oxygen atoms in total. The number of nitrogens with one attached hydrogen (secondary N) is 2. The molecule has 4 atom stereocenters. The average Bonchev–Trinajstić information content (AvgIpc) is 3.22. The van der Waals surface area contributed by atoms with Crippen molar-refractivity contribution in [2.45, 2.75) is 58.8 Å². The Morgan fingerprint density at radius 2 is 1.81 bits per heavy atom. The fourth-order valence-electron chi connectivity index (χ4n) is 5.45. The van der Waals surface area contributed by atoms with Gasteiger partial charge in [-0.25, -0.2) is 0 Å². The molecule has 0 aromatic heterocycles. The van der Waals surface area contributed by atoms with Gasteiger partial charge in [0.15, 0.2) is 11.5 Å². The summed E-state index contributed by atoms with van der Waals surface area (Å²) in [7, 11) is 0. The van der Waals surface area contributed by atoms with Crippen LogP contribution in [-0.2, 0) is 11.3 Å². The second-order valence-corrected chi connectivity index (χ2v) is 10.4. The molecule has 31 heavy (non-hydrogen) atoms. The molecule has 1 aliphatic carbocycles. The zero-order valence-electron chi connectivity index (χ0n) is 19.6. The highest BCUT2D eigenvalue weighted by Crippen LogP contribution is 2.35. The predicted molar refractivity (Wildman–Crippen MR) is 120 cm³/mol. The molecular formula is C25H42N2O4+2. The zero-order chi connectivity index (χ0) is 21.8. The average molecular weight is 435 g/mol. The van der Waals surface area contributed by atoms with E-state index in [2.05, 4.69) is 32.9 Å².